The second-order valence-corrected chi connectivity index (χ2v) is 12.1. The van der Waals surface area contributed by atoms with Crippen LogP contribution in [0.3, 0.4) is 0 Å². The molecule has 2 N–H and O–H groups in total. The molecule has 4 heterocycles. The summed E-state index contributed by atoms with van der Waals surface area (Å²) in [6.07, 6.45) is 2.90. The molecule has 2 unspecified atom stereocenters. The maximum absolute atomic E-state index is 11.5. The summed E-state index contributed by atoms with van der Waals surface area (Å²) in [5, 5.41) is 15.3. The van der Waals surface area contributed by atoms with Crippen LogP contribution in [-0.4, -0.2) is 58.6 Å². The number of fused-ring (bicyclic) bond motifs is 2. The molecular weight excluding hydrogens is 584 g/mol. The van der Waals surface area contributed by atoms with Gasteiger partial charge in [-0.05, 0) is 97.9 Å². The van der Waals surface area contributed by atoms with E-state index in [0.717, 1.165) is 53.9 Å². The van der Waals surface area contributed by atoms with Gasteiger partial charge in [0.2, 0.25) is 11.5 Å². The molecular formula is C37H40N2O7. The zero-order valence-electron chi connectivity index (χ0n) is 26.9. The molecule has 4 aliphatic heterocycles. The van der Waals surface area contributed by atoms with Crippen molar-refractivity contribution < 1.29 is 33.5 Å². The number of hydrogen-bond acceptors (Lipinski definition) is 9. The second-order valence-electron chi connectivity index (χ2n) is 12.1. The predicted molar refractivity (Wildman–Crippen MR) is 175 cm³/mol. The van der Waals surface area contributed by atoms with Gasteiger partial charge in [-0.1, -0.05) is 18.2 Å². The topological polar surface area (TPSA) is 90.9 Å². The van der Waals surface area contributed by atoms with Gasteiger partial charge in [-0.25, -0.2) is 0 Å². The molecule has 0 saturated carbocycles. The van der Waals surface area contributed by atoms with Crippen LogP contribution in [0.15, 0.2) is 54.6 Å². The molecule has 9 nitrogen and oxygen atoms in total. The van der Waals surface area contributed by atoms with Crippen LogP contribution in [-0.2, 0) is 25.7 Å². The van der Waals surface area contributed by atoms with E-state index >= 15 is 0 Å². The molecule has 46 heavy (non-hydrogen) atoms. The molecule has 0 aliphatic carbocycles. The van der Waals surface area contributed by atoms with Crippen LogP contribution in [0.2, 0.25) is 0 Å². The van der Waals surface area contributed by atoms with E-state index in [9.17, 15) is 5.11 Å². The quantitative estimate of drug-likeness (QED) is 0.263. The number of ether oxygens (including phenoxy) is 6. The van der Waals surface area contributed by atoms with Gasteiger partial charge < -0.3 is 38.8 Å². The Morgan fingerprint density at radius 3 is 2.26 bits per heavy atom. The average molecular weight is 625 g/mol. The maximum Gasteiger partial charge on any atom is 0.208 e. The van der Waals surface area contributed by atoms with Gasteiger partial charge in [0.25, 0.3) is 0 Å². The summed E-state index contributed by atoms with van der Waals surface area (Å²) in [5.74, 6) is 4.40. The van der Waals surface area contributed by atoms with Gasteiger partial charge in [0.1, 0.15) is 5.75 Å². The number of likely N-dealkylation sites (N-methyl/N-ethyl adjacent to an activating group) is 1. The van der Waals surface area contributed by atoms with Gasteiger partial charge in [-0.3, -0.25) is 4.90 Å². The van der Waals surface area contributed by atoms with Crippen LogP contribution in [0.5, 0.6) is 51.7 Å². The average Bonchev–Trinajstić information content (AvgIpc) is 3.07. The van der Waals surface area contributed by atoms with Gasteiger partial charge in [0, 0.05) is 29.8 Å². The lowest BCUT2D eigenvalue weighted by molar-refractivity contribution is 0.217. The number of aromatic hydroxyl groups is 1. The zero-order valence-corrected chi connectivity index (χ0v) is 26.9. The van der Waals surface area contributed by atoms with Crippen LogP contribution in [0.4, 0.5) is 0 Å². The van der Waals surface area contributed by atoms with Crippen LogP contribution < -0.4 is 33.7 Å². The Balaban J connectivity index is 1.48. The largest absolute Gasteiger partial charge is 0.504 e. The Hall–Kier alpha value is -4.60. The molecule has 0 aromatic heterocycles. The van der Waals surface area contributed by atoms with E-state index in [4.69, 9.17) is 28.4 Å². The first-order chi connectivity index (χ1) is 22.4. The summed E-state index contributed by atoms with van der Waals surface area (Å²) in [5.41, 5.74) is 6.25. The minimum atomic E-state index is -0.165. The molecule has 9 heteroatoms. The minimum Gasteiger partial charge on any atom is -0.504 e. The van der Waals surface area contributed by atoms with Crippen LogP contribution in [0.1, 0.15) is 45.5 Å². The number of phenolic OH excluding ortho intramolecular Hbond substituents is 1. The fraction of sp³-hybridized carbons (Fsp3) is 0.351. The first kappa shape index (κ1) is 30.1. The highest BCUT2D eigenvalue weighted by Gasteiger charge is 2.37. The highest BCUT2D eigenvalue weighted by molar-refractivity contribution is 5.69. The van der Waals surface area contributed by atoms with E-state index in [-0.39, 0.29) is 23.6 Å². The maximum atomic E-state index is 11.5. The fourth-order valence-corrected chi connectivity index (χ4v) is 7.13. The number of nitrogens with one attached hydrogen (secondary N) is 1. The molecule has 0 spiro atoms. The van der Waals surface area contributed by atoms with E-state index in [1.54, 1.807) is 21.3 Å². The first-order valence-electron chi connectivity index (χ1n) is 15.7. The molecule has 240 valence electrons. The van der Waals surface area contributed by atoms with Crippen LogP contribution in [0, 0.1) is 0 Å². The summed E-state index contributed by atoms with van der Waals surface area (Å²) in [6.45, 7) is 1.60. The Morgan fingerprint density at radius 2 is 1.52 bits per heavy atom. The molecule has 4 aromatic carbocycles. The standard InChI is InChI=1S/C37H40N2O7/c1-39-15-13-25-33-28(39)17-22-8-11-29(41-2)31(18-22)45-24-9-6-21(7-10-24)16-27-26-20-32(30(42-3)19-23(26)12-14-38-27)46-35(33)37(44-5)36(43-4)34(25)40/h6-11,18-20,27-28,38,40H,12-17H2,1-5H3. The summed E-state index contributed by atoms with van der Waals surface area (Å²) >= 11 is 0. The number of phenols is 1. The lowest BCUT2D eigenvalue weighted by atomic mass is 9.86. The van der Waals surface area contributed by atoms with Crippen molar-refractivity contribution in [2.75, 3.05) is 48.6 Å². The molecule has 0 fully saturated rings. The van der Waals surface area contributed by atoms with Crippen molar-refractivity contribution in [1.82, 2.24) is 10.2 Å². The molecule has 0 amide bonds. The third kappa shape index (κ3) is 5.23. The van der Waals surface area contributed by atoms with Crippen LogP contribution >= 0.6 is 0 Å². The summed E-state index contributed by atoms with van der Waals surface area (Å²) in [4.78, 5) is 2.28. The highest BCUT2D eigenvalue weighted by atomic mass is 16.5. The number of benzene rings is 4. The van der Waals surface area contributed by atoms with Gasteiger partial charge in [0.05, 0.1) is 28.4 Å². The third-order valence-electron chi connectivity index (χ3n) is 9.52. The van der Waals surface area contributed by atoms with Crippen molar-refractivity contribution in [2.45, 2.75) is 37.8 Å². The molecule has 2 atom stereocenters. The highest BCUT2D eigenvalue weighted by Crippen LogP contribution is 2.56. The Morgan fingerprint density at radius 1 is 0.783 bits per heavy atom. The fourth-order valence-electron chi connectivity index (χ4n) is 7.13. The van der Waals surface area contributed by atoms with E-state index in [1.165, 1.54) is 18.2 Å². The Labute approximate surface area is 269 Å². The monoisotopic (exact) mass is 624 g/mol. The molecule has 4 aromatic rings. The second kappa shape index (κ2) is 12.3. The minimum absolute atomic E-state index is 0.0727. The molecule has 6 bridgehead atoms. The van der Waals surface area contributed by atoms with Crippen molar-refractivity contribution in [3.8, 4) is 51.7 Å². The Kier molecular flexibility index (Phi) is 8.04. The lowest BCUT2D eigenvalue weighted by Gasteiger charge is -2.37. The number of methoxy groups -OCH3 is 4. The smallest absolute Gasteiger partial charge is 0.208 e. The van der Waals surface area contributed by atoms with Crippen molar-refractivity contribution in [2.24, 2.45) is 0 Å². The zero-order chi connectivity index (χ0) is 31.9. The molecule has 4 aliphatic rings. The molecule has 0 saturated heterocycles. The third-order valence-corrected chi connectivity index (χ3v) is 9.52. The SMILES string of the molecule is COc1ccc2cc1Oc1ccc(cc1)CC1NCCc3cc(OC)c(cc31)Oc1c(OC)c(OC)c(O)c3c1C(C2)N(C)CC3. The Bertz CT molecular complexity index is 1770. The summed E-state index contributed by atoms with van der Waals surface area (Å²) in [7, 11) is 8.51. The van der Waals surface area contributed by atoms with Gasteiger partial charge >= 0.3 is 0 Å². The van der Waals surface area contributed by atoms with Crippen molar-refractivity contribution in [3.05, 3.63) is 88.0 Å². The van der Waals surface area contributed by atoms with Crippen molar-refractivity contribution in [3.63, 3.8) is 0 Å². The number of rotatable bonds is 4. The number of hydrogen-bond donors (Lipinski definition) is 2. The summed E-state index contributed by atoms with van der Waals surface area (Å²) < 4.78 is 36.6. The first-order valence-corrected chi connectivity index (χ1v) is 15.7. The number of nitrogens with zero attached hydrogens (tertiary/aromatic N) is 1. The molecule has 8 rings (SSSR count). The van der Waals surface area contributed by atoms with E-state index in [0.29, 0.717) is 47.3 Å². The molecule has 0 radical (unpaired) electrons. The van der Waals surface area contributed by atoms with Crippen molar-refractivity contribution in [1.29, 1.82) is 0 Å². The predicted octanol–water partition coefficient (Wildman–Crippen LogP) is 6.53. The lowest BCUT2D eigenvalue weighted by Crippen LogP contribution is -2.34. The summed E-state index contributed by atoms with van der Waals surface area (Å²) in [6, 6.07) is 18.4. The van der Waals surface area contributed by atoms with Crippen molar-refractivity contribution >= 4 is 0 Å². The van der Waals surface area contributed by atoms with E-state index < -0.39 is 0 Å². The van der Waals surface area contributed by atoms with Crippen LogP contribution in [0.25, 0.3) is 0 Å². The van der Waals surface area contributed by atoms with Gasteiger partial charge in [-0.2, -0.15) is 0 Å². The van der Waals surface area contributed by atoms with E-state index in [1.807, 2.05) is 24.3 Å². The normalized spacial score (nSPS) is 18.7. The van der Waals surface area contributed by atoms with Gasteiger partial charge in [-0.15, -0.1) is 0 Å². The van der Waals surface area contributed by atoms with Gasteiger partial charge in [0.15, 0.2) is 34.5 Å². The van der Waals surface area contributed by atoms with E-state index in [2.05, 4.69) is 47.6 Å².